The van der Waals surface area contributed by atoms with Crippen LogP contribution in [0.1, 0.15) is 33.6 Å². The molecule has 4 rings (SSSR count). The van der Waals surface area contributed by atoms with E-state index in [1.165, 1.54) is 0 Å². The fraction of sp³-hybridized carbons (Fsp3) is 0.300. The quantitative estimate of drug-likeness (QED) is 0.811. The Kier molecular flexibility index (Phi) is 5.03. The number of carbonyl (C=O) groups is 2. The highest BCUT2D eigenvalue weighted by Crippen LogP contribution is 2.33. The monoisotopic (exact) mass is 430 g/mol. The first-order valence-corrected chi connectivity index (χ1v) is 9.65. The number of nitrogens with zero attached hydrogens (tertiary/aromatic N) is 1. The predicted octanol–water partition coefficient (Wildman–Crippen LogP) is 3.21. The molecule has 2 aliphatic heterocycles. The van der Waals surface area contributed by atoms with Crippen molar-refractivity contribution in [2.24, 2.45) is 0 Å². The zero-order valence-electron chi connectivity index (χ0n) is 14.6. The maximum Gasteiger partial charge on any atom is 0.253 e. The fourth-order valence-electron chi connectivity index (χ4n) is 3.31. The number of nitrogens with one attached hydrogen (secondary N) is 1. The zero-order valence-corrected chi connectivity index (χ0v) is 16.2. The summed E-state index contributed by atoms with van der Waals surface area (Å²) in [6.07, 6.45) is 1.47. The Morgan fingerprint density at radius 1 is 0.963 bits per heavy atom. The van der Waals surface area contributed by atoms with Crippen LogP contribution in [-0.4, -0.2) is 42.6 Å². The number of hydrogen-bond acceptors (Lipinski definition) is 4. The molecule has 0 unspecified atom stereocenters. The van der Waals surface area contributed by atoms with Gasteiger partial charge >= 0.3 is 0 Å². The molecule has 1 fully saturated rings. The van der Waals surface area contributed by atoms with Gasteiger partial charge in [-0.15, -0.1) is 0 Å². The largest absolute Gasteiger partial charge is 0.454 e. The van der Waals surface area contributed by atoms with Gasteiger partial charge in [-0.25, -0.2) is 0 Å². The van der Waals surface area contributed by atoms with E-state index in [1.807, 2.05) is 17.0 Å². The first-order valence-electron chi connectivity index (χ1n) is 8.85. The SMILES string of the molecule is O=C(NC1CCN(C(=O)c2ccc3c(c2)OCO3)CC1)c1ccc(Br)cc1. The van der Waals surface area contributed by atoms with Crippen molar-refractivity contribution in [1.82, 2.24) is 10.2 Å². The van der Waals surface area contributed by atoms with Gasteiger partial charge in [-0.1, -0.05) is 15.9 Å². The molecule has 27 heavy (non-hydrogen) atoms. The van der Waals surface area contributed by atoms with Crippen molar-refractivity contribution < 1.29 is 19.1 Å². The Hall–Kier alpha value is -2.54. The minimum Gasteiger partial charge on any atom is -0.454 e. The number of ether oxygens (including phenoxy) is 2. The van der Waals surface area contributed by atoms with E-state index in [1.54, 1.807) is 30.3 Å². The summed E-state index contributed by atoms with van der Waals surface area (Å²) in [5.41, 5.74) is 1.23. The molecule has 2 aromatic rings. The summed E-state index contributed by atoms with van der Waals surface area (Å²) in [7, 11) is 0. The molecule has 6 nitrogen and oxygen atoms in total. The molecule has 0 spiro atoms. The number of carbonyl (C=O) groups excluding carboxylic acids is 2. The van der Waals surface area contributed by atoms with Crippen LogP contribution in [0.2, 0.25) is 0 Å². The molecule has 140 valence electrons. The van der Waals surface area contributed by atoms with Crippen LogP contribution in [0.5, 0.6) is 11.5 Å². The number of piperidine rings is 1. The van der Waals surface area contributed by atoms with Gasteiger partial charge in [0, 0.05) is 34.7 Å². The highest BCUT2D eigenvalue weighted by Gasteiger charge is 2.26. The molecule has 2 heterocycles. The number of hydrogen-bond donors (Lipinski definition) is 1. The Balaban J connectivity index is 1.32. The van der Waals surface area contributed by atoms with E-state index in [0.29, 0.717) is 35.7 Å². The van der Waals surface area contributed by atoms with Crippen molar-refractivity contribution in [2.45, 2.75) is 18.9 Å². The number of halogens is 1. The van der Waals surface area contributed by atoms with Crippen molar-refractivity contribution in [1.29, 1.82) is 0 Å². The fourth-order valence-corrected chi connectivity index (χ4v) is 3.57. The number of rotatable bonds is 3. The summed E-state index contributed by atoms with van der Waals surface area (Å²) < 4.78 is 11.6. The number of fused-ring (bicyclic) bond motifs is 1. The highest BCUT2D eigenvalue weighted by molar-refractivity contribution is 9.10. The molecule has 0 aliphatic carbocycles. The molecule has 2 aliphatic rings. The van der Waals surface area contributed by atoms with Gasteiger partial charge in [0.2, 0.25) is 6.79 Å². The van der Waals surface area contributed by atoms with Crippen LogP contribution in [-0.2, 0) is 0 Å². The molecule has 2 amide bonds. The third-order valence-electron chi connectivity index (χ3n) is 4.84. The first-order chi connectivity index (χ1) is 13.1. The average molecular weight is 431 g/mol. The maximum atomic E-state index is 12.7. The van der Waals surface area contributed by atoms with Gasteiger partial charge in [0.05, 0.1) is 0 Å². The summed E-state index contributed by atoms with van der Waals surface area (Å²) in [4.78, 5) is 26.9. The van der Waals surface area contributed by atoms with Gasteiger partial charge in [-0.2, -0.15) is 0 Å². The molecule has 7 heteroatoms. The zero-order chi connectivity index (χ0) is 18.8. The third-order valence-corrected chi connectivity index (χ3v) is 5.37. The van der Waals surface area contributed by atoms with E-state index >= 15 is 0 Å². The second-order valence-corrected chi connectivity index (χ2v) is 7.53. The normalized spacial score (nSPS) is 16.3. The molecule has 0 bridgehead atoms. The van der Waals surface area contributed by atoms with E-state index < -0.39 is 0 Å². The maximum absolute atomic E-state index is 12.7. The van der Waals surface area contributed by atoms with Crippen LogP contribution in [0.3, 0.4) is 0 Å². The lowest BCUT2D eigenvalue weighted by Crippen LogP contribution is -2.46. The molecule has 0 saturated carbocycles. The van der Waals surface area contributed by atoms with E-state index in [9.17, 15) is 9.59 Å². The Morgan fingerprint density at radius 2 is 1.63 bits per heavy atom. The third kappa shape index (κ3) is 3.93. The lowest BCUT2D eigenvalue weighted by molar-refractivity contribution is 0.0697. The standard InChI is InChI=1S/C20H19BrN2O4/c21-15-4-1-13(2-5-15)19(24)22-16-7-9-23(10-8-16)20(25)14-3-6-17-18(11-14)27-12-26-17/h1-6,11,16H,7-10,12H2,(H,22,24). The number of amides is 2. The van der Waals surface area contributed by atoms with Crippen LogP contribution in [0.4, 0.5) is 0 Å². The lowest BCUT2D eigenvalue weighted by Gasteiger charge is -2.32. The Labute approximate surface area is 165 Å². The molecule has 1 N–H and O–H groups in total. The number of likely N-dealkylation sites (tertiary alicyclic amines) is 1. The summed E-state index contributed by atoms with van der Waals surface area (Å²) in [5, 5.41) is 3.06. The van der Waals surface area contributed by atoms with E-state index in [2.05, 4.69) is 21.2 Å². The van der Waals surface area contributed by atoms with Gasteiger partial charge in [0.15, 0.2) is 11.5 Å². The summed E-state index contributed by atoms with van der Waals surface area (Å²) in [6.45, 7) is 1.41. The number of benzene rings is 2. The van der Waals surface area contributed by atoms with Crippen LogP contribution < -0.4 is 14.8 Å². The first kappa shape index (κ1) is 17.9. The highest BCUT2D eigenvalue weighted by atomic mass is 79.9. The van der Waals surface area contributed by atoms with Gasteiger partial charge in [0.1, 0.15) is 0 Å². The van der Waals surface area contributed by atoms with Crippen molar-refractivity contribution >= 4 is 27.7 Å². The predicted molar refractivity (Wildman–Crippen MR) is 103 cm³/mol. The van der Waals surface area contributed by atoms with Crippen molar-refractivity contribution in [3.63, 3.8) is 0 Å². The topological polar surface area (TPSA) is 67.9 Å². The molecular formula is C20H19BrN2O4. The van der Waals surface area contributed by atoms with Gasteiger partial charge in [-0.05, 0) is 55.3 Å². The molecule has 0 atom stereocenters. The molecular weight excluding hydrogens is 412 g/mol. The minimum atomic E-state index is -0.0805. The van der Waals surface area contributed by atoms with Crippen LogP contribution in [0.25, 0.3) is 0 Å². The van der Waals surface area contributed by atoms with Crippen molar-refractivity contribution in [3.05, 3.63) is 58.1 Å². The van der Waals surface area contributed by atoms with Gasteiger partial charge in [-0.3, -0.25) is 9.59 Å². The van der Waals surface area contributed by atoms with Gasteiger partial charge < -0.3 is 19.7 Å². The molecule has 0 radical (unpaired) electrons. The van der Waals surface area contributed by atoms with E-state index in [4.69, 9.17) is 9.47 Å². The average Bonchev–Trinajstić information content (AvgIpc) is 3.16. The Bertz CT molecular complexity index is 861. The lowest BCUT2D eigenvalue weighted by atomic mass is 10.0. The van der Waals surface area contributed by atoms with Crippen molar-refractivity contribution in [3.8, 4) is 11.5 Å². The van der Waals surface area contributed by atoms with E-state index in [-0.39, 0.29) is 24.6 Å². The second-order valence-electron chi connectivity index (χ2n) is 6.61. The van der Waals surface area contributed by atoms with Crippen LogP contribution >= 0.6 is 15.9 Å². The smallest absolute Gasteiger partial charge is 0.253 e. The molecule has 0 aromatic heterocycles. The van der Waals surface area contributed by atoms with E-state index in [0.717, 1.165) is 17.3 Å². The summed E-state index contributed by atoms with van der Waals surface area (Å²) in [5.74, 6) is 1.17. The summed E-state index contributed by atoms with van der Waals surface area (Å²) >= 11 is 3.36. The summed E-state index contributed by atoms with van der Waals surface area (Å²) in [6, 6.07) is 12.6. The van der Waals surface area contributed by atoms with Crippen molar-refractivity contribution in [2.75, 3.05) is 19.9 Å². The minimum absolute atomic E-state index is 0.0222. The molecule has 1 saturated heterocycles. The second kappa shape index (κ2) is 7.60. The van der Waals surface area contributed by atoms with Gasteiger partial charge in [0.25, 0.3) is 11.8 Å². The van der Waals surface area contributed by atoms with Crippen LogP contribution in [0.15, 0.2) is 46.9 Å². The van der Waals surface area contributed by atoms with Crippen LogP contribution in [0, 0.1) is 0 Å². The Morgan fingerprint density at radius 3 is 2.37 bits per heavy atom. The molecule has 2 aromatic carbocycles.